The van der Waals surface area contributed by atoms with Crippen LogP contribution in [-0.4, -0.2) is 52.8 Å². The fourth-order valence-electron chi connectivity index (χ4n) is 2.77. The Morgan fingerprint density at radius 2 is 1.83 bits per heavy atom. The molecule has 1 saturated heterocycles. The van der Waals surface area contributed by atoms with Crippen LogP contribution in [-0.2, 0) is 17.6 Å². The van der Waals surface area contributed by atoms with Crippen LogP contribution in [0.2, 0.25) is 0 Å². The van der Waals surface area contributed by atoms with Gasteiger partial charge in [-0.2, -0.15) is 0 Å². The summed E-state index contributed by atoms with van der Waals surface area (Å²) in [6.45, 7) is 4.11. The van der Waals surface area contributed by atoms with Crippen LogP contribution >= 0.6 is 0 Å². The molecule has 2 aromatic rings. The second-order valence-electron chi connectivity index (χ2n) is 5.79. The number of carbonyl (C=O) groups excluding carboxylic acids is 2. The maximum absolute atomic E-state index is 12.4. The van der Waals surface area contributed by atoms with Gasteiger partial charge in [0.1, 0.15) is 5.76 Å². The van der Waals surface area contributed by atoms with Gasteiger partial charge in [0.25, 0.3) is 5.91 Å². The number of hydrogen-bond acceptors (Lipinski definition) is 4. The summed E-state index contributed by atoms with van der Waals surface area (Å²) >= 11 is 0. The summed E-state index contributed by atoms with van der Waals surface area (Å²) in [5.41, 5.74) is 0.767. The summed E-state index contributed by atoms with van der Waals surface area (Å²) in [7, 11) is 0. The molecule has 1 aliphatic heterocycles. The second-order valence-corrected chi connectivity index (χ2v) is 5.79. The molecule has 0 atom stereocenters. The van der Waals surface area contributed by atoms with Gasteiger partial charge in [-0.25, -0.2) is 0 Å². The van der Waals surface area contributed by atoms with Gasteiger partial charge < -0.3 is 14.2 Å². The van der Waals surface area contributed by atoms with Crippen molar-refractivity contribution in [1.82, 2.24) is 14.8 Å². The van der Waals surface area contributed by atoms with E-state index in [2.05, 4.69) is 4.98 Å². The van der Waals surface area contributed by atoms with E-state index in [0.717, 1.165) is 17.9 Å². The van der Waals surface area contributed by atoms with Crippen LogP contribution in [0.5, 0.6) is 0 Å². The molecule has 0 unspecified atom stereocenters. The number of amides is 2. The fourth-order valence-corrected chi connectivity index (χ4v) is 2.77. The summed E-state index contributed by atoms with van der Waals surface area (Å²) in [4.78, 5) is 32.4. The standard InChI is InChI=1S/C18H21N3O3/c1-2-15-6-7-16(24-15)18(23)21-11-9-20(10-12-21)17(22)13-14-5-3-4-8-19-14/h3-8H,2,9-13H2,1H3. The van der Waals surface area contributed by atoms with Gasteiger partial charge in [0.05, 0.1) is 6.42 Å². The molecule has 2 aromatic heterocycles. The third-order valence-corrected chi connectivity index (χ3v) is 4.20. The number of hydrogen-bond donors (Lipinski definition) is 0. The molecule has 0 radical (unpaired) electrons. The second kappa shape index (κ2) is 7.29. The van der Waals surface area contributed by atoms with Crippen LogP contribution in [0.1, 0.15) is 28.9 Å². The Morgan fingerprint density at radius 1 is 1.08 bits per heavy atom. The molecule has 6 heteroatoms. The Hall–Kier alpha value is -2.63. The molecule has 0 bridgehead atoms. The SMILES string of the molecule is CCc1ccc(C(=O)N2CCN(C(=O)Cc3ccccn3)CC2)o1. The van der Waals surface area contributed by atoms with E-state index in [1.54, 1.807) is 22.1 Å². The Balaban J connectivity index is 1.53. The molecule has 126 valence electrons. The molecule has 1 aliphatic rings. The van der Waals surface area contributed by atoms with E-state index in [4.69, 9.17) is 4.42 Å². The van der Waals surface area contributed by atoms with E-state index in [1.165, 1.54) is 0 Å². The summed E-state index contributed by atoms with van der Waals surface area (Å²) in [5, 5.41) is 0. The Kier molecular flexibility index (Phi) is 4.93. The molecule has 3 heterocycles. The van der Waals surface area contributed by atoms with Crippen LogP contribution in [0, 0.1) is 0 Å². The van der Waals surface area contributed by atoms with Crippen molar-refractivity contribution in [2.45, 2.75) is 19.8 Å². The molecule has 24 heavy (non-hydrogen) atoms. The van der Waals surface area contributed by atoms with Crippen molar-refractivity contribution in [2.24, 2.45) is 0 Å². The van der Waals surface area contributed by atoms with Gasteiger partial charge in [0, 0.05) is 44.5 Å². The van der Waals surface area contributed by atoms with Gasteiger partial charge in [-0.3, -0.25) is 14.6 Å². The average Bonchev–Trinajstić information content (AvgIpc) is 3.11. The smallest absolute Gasteiger partial charge is 0.289 e. The van der Waals surface area contributed by atoms with Crippen molar-refractivity contribution in [1.29, 1.82) is 0 Å². The van der Waals surface area contributed by atoms with Crippen molar-refractivity contribution in [3.63, 3.8) is 0 Å². The maximum Gasteiger partial charge on any atom is 0.289 e. The van der Waals surface area contributed by atoms with Crippen LogP contribution in [0.4, 0.5) is 0 Å². The molecule has 0 spiro atoms. The number of nitrogens with zero attached hydrogens (tertiary/aromatic N) is 3. The van der Waals surface area contributed by atoms with E-state index >= 15 is 0 Å². The number of aryl methyl sites for hydroxylation is 1. The highest BCUT2D eigenvalue weighted by molar-refractivity contribution is 5.91. The molecular formula is C18H21N3O3. The number of rotatable bonds is 4. The minimum absolute atomic E-state index is 0.0482. The topological polar surface area (TPSA) is 66.7 Å². The molecule has 0 saturated carbocycles. The van der Waals surface area contributed by atoms with Crippen molar-refractivity contribution >= 4 is 11.8 Å². The summed E-state index contributed by atoms with van der Waals surface area (Å²) < 4.78 is 5.52. The van der Waals surface area contributed by atoms with Crippen molar-refractivity contribution in [2.75, 3.05) is 26.2 Å². The Morgan fingerprint density at radius 3 is 2.46 bits per heavy atom. The van der Waals surface area contributed by atoms with Crippen LogP contribution in [0.25, 0.3) is 0 Å². The van der Waals surface area contributed by atoms with Crippen LogP contribution in [0.3, 0.4) is 0 Å². The average molecular weight is 327 g/mol. The zero-order chi connectivity index (χ0) is 16.9. The first-order chi connectivity index (χ1) is 11.7. The van der Waals surface area contributed by atoms with Gasteiger partial charge in [0.2, 0.25) is 5.91 Å². The summed E-state index contributed by atoms with van der Waals surface area (Å²) in [6, 6.07) is 9.11. The fraction of sp³-hybridized carbons (Fsp3) is 0.389. The zero-order valence-corrected chi connectivity index (χ0v) is 13.8. The minimum Gasteiger partial charge on any atom is -0.456 e. The number of furan rings is 1. The molecule has 1 fully saturated rings. The Labute approximate surface area is 141 Å². The van der Waals surface area contributed by atoms with Gasteiger partial charge in [-0.05, 0) is 24.3 Å². The molecule has 0 aromatic carbocycles. The molecule has 2 amide bonds. The van der Waals surface area contributed by atoms with Gasteiger partial charge in [0.15, 0.2) is 5.76 Å². The van der Waals surface area contributed by atoms with E-state index in [0.29, 0.717) is 38.4 Å². The van der Waals surface area contributed by atoms with Crippen LogP contribution in [0.15, 0.2) is 40.9 Å². The molecule has 3 rings (SSSR count). The first-order valence-corrected chi connectivity index (χ1v) is 8.23. The molecular weight excluding hydrogens is 306 g/mol. The third kappa shape index (κ3) is 3.64. The van der Waals surface area contributed by atoms with Crippen molar-refractivity contribution < 1.29 is 14.0 Å². The highest BCUT2D eigenvalue weighted by atomic mass is 16.4. The van der Waals surface area contributed by atoms with Crippen molar-refractivity contribution in [3.8, 4) is 0 Å². The predicted molar refractivity (Wildman–Crippen MR) is 88.5 cm³/mol. The highest BCUT2D eigenvalue weighted by Crippen LogP contribution is 2.13. The first kappa shape index (κ1) is 16.2. The quantitative estimate of drug-likeness (QED) is 0.858. The van der Waals surface area contributed by atoms with E-state index in [-0.39, 0.29) is 11.8 Å². The minimum atomic E-state index is -0.105. The normalized spacial score (nSPS) is 14.7. The number of carbonyl (C=O) groups is 2. The monoisotopic (exact) mass is 327 g/mol. The third-order valence-electron chi connectivity index (χ3n) is 4.20. The van der Waals surface area contributed by atoms with Gasteiger partial charge in [-0.15, -0.1) is 0 Å². The predicted octanol–water partition coefficient (Wildman–Crippen LogP) is 1.76. The van der Waals surface area contributed by atoms with Gasteiger partial charge >= 0.3 is 0 Å². The zero-order valence-electron chi connectivity index (χ0n) is 13.8. The van der Waals surface area contributed by atoms with E-state index < -0.39 is 0 Å². The molecule has 0 N–H and O–H groups in total. The summed E-state index contributed by atoms with van der Waals surface area (Å²) in [5.74, 6) is 1.13. The first-order valence-electron chi connectivity index (χ1n) is 8.23. The van der Waals surface area contributed by atoms with E-state index in [9.17, 15) is 9.59 Å². The lowest BCUT2D eigenvalue weighted by molar-refractivity contribution is -0.132. The van der Waals surface area contributed by atoms with Crippen LogP contribution < -0.4 is 0 Å². The lowest BCUT2D eigenvalue weighted by Crippen LogP contribution is -2.51. The maximum atomic E-state index is 12.4. The number of pyridine rings is 1. The molecule has 6 nitrogen and oxygen atoms in total. The largest absolute Gasteiger partial charge is 0.456 e. The Bertz CT molecular complexity index is 703. The lowest BCUT2D eigenvalue weighted by Gasteiger charge is -2.34. The van der Waals surface area contributed by atoms with Gasteiger partial charge in [-0.1, -0.05) is 13.0 Å². The van der Waals surface area contributed by atoms with E-state index in [1.807, 2.05) is 31.2 Å². The highest BCUT2D eigenvalue weighted by Gasteiger charge is 2.26. The number of piperazine rings is 1. The lowest BCUT2D eigenvalue weighted by atomic mass is 10.2. The van der Waals surface area contributed by atoms with Crippen molar-refractivity contribution in [3.05, 3.63) is 53.7 Å². The molecule has 0 aliphatic carbocycles. The number of aromatic nitrogens is 1. The summed E-state index contributed by atoms with van der Waals surface area (Å²) in [6.07, 6.45) is 2.75.